The van der Waals surface area contributed by atoms with Gasteiger partial charge in [-0.25, -0.2) is 4.98 Å². The fourth-order valence-electron chi connectivity index (χ4n) is 2.38. The summed E-state index contributed by atoms with van der Waals surface area (Å²) in [6.07, 6.45) is 1.04. The van der Waals surface area contributed by atoms with Crippen molar-refractivity contribution in [3.63, 3.8) is 0 Å². The number of aryl methyl sites for hydroxylation is 2. The third-order valence-electron chi connectivity index (χ3n) is 3.67. The van der Waals surface area contributed by atoms with Gasteiger partial charge in [0.15, 0.2) is 0 Å². The highest BCUT2D eigenvalue weighted by Crippen LogP contribution is 2.32. The second-order valence-electron chi connectivity index (χ2n) is 6.23. The summed E-state index contributed by atoms with van der Waals surface area (Å²) in [5.74, 6) is 1.98. The van der Waals surface area contributed by atoms with E-state index in [-0.39, 0.29) is 0 Å². The molecular weight excluding hydrogens is 338 g/mol. The molecule has 0 aliphatic carbocycles. The summed E-state index contributed by atoms with van der Waals surface area (Å²) in [6, 6.07) is 5.65. The predicted molar refractivity (Wildman–Crippen MR) is 104 cm³/mol. The van der Waals surface area contributed by atoms with Gasteiger partial charge in [0.1, 0.15) is 11.6 Å². The van der Waals surface area contributed by atoms with E-state index in [0.29, 0.717) is 16.7 Å². The summed E-state index contributed by atoms with van der Waals surface area (Å²) < 4.78 is 5.39. The van der Waals surface area contributed by atoms with Crippen LogP contribution in [0.2, 0.25) is 5.02 Å². The van der Waals surface area contributed by atoms with E-state index in [9.17, 15) is 0 Å². The van der Waals surface area contributed by atoms with Gasteiger partial charge < -0.3 is 20.3 Å². The Bertz CT molecular complexity index is 721. The van der Waals surface area contributed by atoms with Crippen molar-refractivity contribution in [2.45, 2.75) is 20.3 Å². The van der Waals surface area contributed by atoms with Crippen LogP contribution >= 0.6 is 11.6 Å². The molecule has 0 atom stereocenters. The molecule has 7 heteroatoms. The van der Waals surface area contributed by atoms with Gasteiger partial charge in [0.25, 0.3) is 0 Å². The van der Waals surface area contributed by atoms with Crippen LogP contribution in [0.5, 0.6) is 5.75 Å². The van der Waals surface area contributed by atoms with Crippen LogP contribution in [0.1, 0.15) is 17.7 Å². The van der Waals surface area contributed by atoms with E-state index >= 15 is 0 Å². The molecule has 136 valence electrons. The summed E-state index contributed by atoms with van der Waals surface area (Å²) >= 11 is 6.16. The fraction of sp³-hybridized carbons (Fsp3) is 0.444. The third kappa shape index (κ3) is 5.76. The summed E-state index contributed by atoms with van der Waals surface area (Å²) in [4.78, 5) is 11.2. The molecule has 0 aliphatic rings. The molecule has 0 unspecified atom stereocenters. The molecule has 6 nitrogen and oxygen atoms in total. The van der Waals surface area contributed by atoms with Crippen molar-refractivity contribution >= 4 is 29.1 Å². The molecule has 0 radical (unpaired) electrons. The molecule has 0 fully saturated rings. The molecular formula is C18H26ClN5O. The van der Waals surface area contributed by atoms with Gasteiger partial charge in [0.2, 0.25) is 5.95 Å². The highest BCUT2D eigenvalue weighted by Gasteiger charge is 2.10. The summed E-state index contributed by atoms with van der Waals surface area (Å²) in [5.41, 5.74) is 2.63. The molecule has 0 saturated heterocycles. The number of hydrogen-bond donors (Lipinski definition) is 2. The van der Waals surface area contributed by atoms with Crippen molar-refractivity contribution in [1.29, 1.82) is 0 Å². The van der Waals surface area contributed by atoms with Crippen LogP contribution in [-0.4, -0.2) is 49.2 Å². The topological polar surface area (TPSA) is 62.3 Å². The zero-order valence-electron chi connectivity index (χ0n) is 15.5. The number of nitrogens with one attached hydrogen (secondary N) is 2. The number of rotatable bonds is 8. The Morgan fingerprint density at radius 3 is 2.60 bits per heavy atom. The second-order valence-corrected chi connectivity index (χ2v) is 6.64. The van der Waals surface area contributed by atoms with Crippen LogP contribution in [0.15, 0.2) is 18.2 Å². The lowest BCUT2D eigenvalue weighted by molar-refractivity contribution is 0.405. The summed E-state index contributed by atoms with van der Waals surface area (Å²) in [5, 5.41) is 7.24. The van der Waals surface area contributed by atoms with Crippen LogP contribution in [-0.2, 0) is 0 Å². The van der Waals surface area contributed by atoms with E-state index < -0.39 is 0 Å². The van der Waals surface area contributed by atoms with Crippen LogP contribution in [0.25, 0.3) is 0 Å². The molecule has 0 saturated carbocycles. The molecule has 1 aromatic carbocycles. The SMILES string of the molecule is COc1cc(Cl)c(C)cc1Nc1nc(C)cc(NCCCN(C)C)n1. The Balaban J connectivity index is 2.13. The van der Waals surface area contributed by atoms with Crippen molar-refractivity contribution in [3.8, 4) is 5.75 Å². The van der Waals surface area contributed by atoms with E-state index in [1.807, 2.05) is 26.0 Å². The smallest absolute Gasteiger partial charge is 0.229 e. The van der Waals surface area contributed by atoms with Crippen molar-refractivity contribution in [3.05, 3.63) is 34.5 Å². The number of aromatic nitrogens is 2. The summed E-state index contributed by atoms with van der Waals surface area (Å²) in [7, 11) is 5.75. The van der Waals surface area contributed by atoms with Crippen LogP contribution in [0.4, 0.5) is 17.5 Å². The van der Waals surface area contributed by atoms with E-state index in [0.717, 1.165) is 42.3 Å². The third-order valence-corrected chi connectivity index (χ3v) is 4.08. The molecule has 0 aliphatic heterocycles. The van der Waals surface area contributed by atoms with Gasteiger partial charge in [-0.1, -0.05) is 11.6 Å². The first-order valence-electron chi connectivity index (χ1n) is 8.24. The van der Waals surface area contributed by atoms with Gasteiger partial charge in [-0.2, -0.15) is 4.98 Å². The monoisotopic (exact) mass is 363 g/mol. The Hall–Kier alpha value is -2.05. The molecule has 2 N–H and O–H groups in total. The zero-order chi connectivity index (χ0) is 18.4. The van der Waals surface area contributed by atoms with Crippen LogP contribution in [0.3, 0.4) is 0 Å². The Morgan fingerprint density at radius 2 is 1.92 bits per heavy atom. The molecule has 2 rings (SSSR count). The maximum absolute atomic E-state index is 6.16. The van der Waals surface area contributed by atoms with Gasteiger partial charge in [-0.05, 0) is 52.5 Å². The highest BCUT2D eigenvalue weighted by atomic mass is 35.5. The Labute approximate surface area is 154 Å². The van der Waals surface area contributed by atoms with Crippen molar-refractivity contribution < 1.29 is 4.74 Å². The highest BCUT2D eigenvalue weighted by molar-refractivity contribution is 6.31. The van der Waals surface area contributed by atoms with Gasteiger partial charge in [0.05, 0.1) is 12.8 Å². The maximum atomic E-state index is 6.16. The van der Waals surface area contributed by atoms with Gasteiger partial charge in [-0.3, -0.25) is 0 Å². The predicted octanol–water partition coefficient (Wildman–Crippen LogP) is 3.86. The first-order chi connectivity index (χ1) is 11.9. The quantitative estimate of drug-likeness (QED) is 0.694. The molecule has 1 heterocycles. The summed E-state index contributed by atoms with van der Waals surface area (Å²) in [6.45, 7) is 5.78. The van der Waals surface area contributed by atoms with Crippen molar-refractivity contribution in [1.82, 2.24) is 14.9 Å². The molecule has 25 heavy (non-hydrogen) atoms. The van der Waals surface area contributed by atoms with Gasteiger partial charge in [-0.15, -0.1) is 0 Å². The molecule has 1 aromatic heterocycles. The minimum Gasteiger partial charge on any atom is -0.495 e. The van der Waals surface area contributed by atoms with Crippen LogP contribution < -0.4 is 15.4 Å². The number of anilines is 3. The van der Waals surface area contributed by atoms with E-state index in [1.165, 1.54) is 0 Å². The number of benzene rings is 1. The lowest BCUT2D eigenvalue weighted by atomic mass is 10.2. The largest absolute Gasteiger partial charge is 0.495 e. The van der Waals surface area contributed by atoms with Crippen LogP contribution in [0, 0.1) is 13.8 Å². The Kier molecular flexibility index (Phi) is 6.84. The first kappa shape index (κ1) is 19.3. The standard InChI is InChI=1S/C18H26ClN5O/c1-12-9-15(16(25-5)11-14(12)19)22-18-21-13(2)10-17(23-18)20-7-6-8-24(3)4/h9-11H,6-8H2,1-5H3,(H2,20,21,22,23). The van der Waals surface area contributed by atoms with Crippen molar-refractivity contribution in [2.24, 2.45) is 0 Å². The van der Waals surface area contributed by atoms with Crippen molar-refractivity contribution in [2.75, 3.05) is 44.9 Å². The molecule has 0 spiro atoms. The molecule has 2 aromatic rings. The number of halogens is 1. The average molecular weight is 364 g/mol. The minimum atomic E-state index is 0.523. The number of ether oxygens (including phenoxy) is 1. The molecule has 0 amide bonds. The first-order valence-corrected chi connectivity index (χ1v) is 8.62. The number of methoxy groups -OCH3 is 1. The second kappa shape index (κ2) is 8.87. The van der Waals surface area contributed by atoms with E-state index in [2.05, 4.69) is 39.6 Å². The minimum absolute atomic E-state index is 0.523. The van der Waals surface area contributed by atoms with E-state index in [4.69, 9.17) is 16.3 Å². The fourth-order valence-corrected chi connectivity index (χ4v) is 2.53. The average Bonchev–Trinajstić information content (AvgIpc) is 2.54. The van der Waals surface area contributed by atoms with E-state index in [1.54, 1.807) is 13.2 Å². The lowest BCUT2D eigenvalue weighted by Crippen LogP contribution is -2.17. The lowest BCUT2D eigenvalue weighted by Gasteiger charge is -2.14. The number of nitrogens with zero attached hydrogens (tertiary/aromatic N) is 3. The maximum Gasteiger partial charge on any atom is 0.229 e. The zero-order valence-corrected chi connectivity index (χ0v) is 16.2. The van der Waals surface area contributed by atoms with Gasteiger partial charge >= 0.3 is 0 Å². The number of hydrogen-bond acceptors (Lipinski definition) is 6. The Morgan fingerprint density at radius 1 is 1.16 bits per heavy atom. The van der Waals surface area contributed by atoms with Gasteiger partial charge in [0, 0.05) is 29.4 Å². The normalized spacial score (nSPS) is 10.8. The molecule has 0 bridgehead atoms.